The highest BCUT2D eigenvalue weighted by molar-refractivity contribution is 6.28. The van der Waals surface area contributed by atoms with Crippen LogP contribution in [0.5, 0.6) is 0 Å². The van der Waals surface area contributed by atoms with E-state index < -0.39 is 0 Å². The molecule has 17 heavy (non-hydrogen) atoms. The van der Waals surface area contributed by atoms with Crippen molar-refractivity contribution in [2.24, 2.45) is 0 Å². The fourth-order valence-corrected chi connectivity index (χ4v) is 2.12. The van der Waals surface area contributed by atoms with Crippen LogP contribution in [0.3, 0.4) is 0 Å². The fourth-order valence-electron chi connectivity index (χ4n) is 1.97. The molecule has 2 aromatic heterocycles. The van der Waals surface area contributed by atoms with Crippen LogP contribution in [0, 0.1) is 0 Å². The van der Waals surface area contributed by atoms with E-state index in [9.17, 15) is 0 Å². The van der Waals surface area contributed by atoms with Gasteiger partial charge in [0.25, 0.3) is 0 Å². The zero-order valence-corrected chi connectivity index (χ0v) is 9.91. The van der Waals surface area contributed by atoms with Gasteiger partial charge < -0.3 is 14.3 Å². The molecule has 0 aromatic carbocycles. The first-order chi connectivity index (χ1) is 8.33. The standard InChI is InChI=1S/C11H12ClN3O2/c12-9-5-4-8(16-9)10-14-11(17-15-10)7-3-1-2-6-13-7/h4-5,7,13H,1-3,6H2. The second kappa shape index (κ2) is 4.50. The van der Waals surface area contributed by atoms with Gasteiger partial charge in [0.1, 0.15) is 0 Å². The predicted octanol–water partition coefficient (Wildman–Crippen LogP) is 2.80. The Morgan fingerprint density at radius 1 is 1.35 bits per heavy atom. The highest BCUT2D eigenvalue weighted by Crippen LogP contribution is 2.26. The van der Waals surface area contributed by atoms with E-state index in [1.807, 2.05) is 0 Å². The number of piperidine rings is 1. The third kappa shape index (κ3) is 2.21. The molecule has 1 fully saturated rings. The topological polar surface area (TPSA) is 64.1 Å². The number of furan rings is 1. The van der Waals surface area contributed by atoms with E-state index in [0.29, 0.717) is 22.7 Å². The highest BCUT2D eigenvalue weighted by atomic mass is 35.5. The lowest BCUT2D eigenvalue weighted by molar-refractivity contribution is 0.297. The Labute approximate surface area is 103 Å². The first-order valence-electron chi connectivity index (χ1n) is 5.65. The molecule has 1 unspecified atom stereocenters. The number of hydrogen-bond acceptors (Lipinski definition) is 5. The first kappa shape index (κ1) is 10.8. The molecule has 0 radical (unpaired) electrons. The molecule has 1 saturated heterocycles. The maximum absolute atomic E-state index is 5.70. The van der Waals surface area contributed by atoms with Gasteiger partial charge in [-0.2, -0.15) is 4.98 Å². The Morgan fingerprint density at radius 3 is 3.00 bits per heavy atom. The summed E-state index contributed by atoms with van der Waals surface area (Å²) in [6.07, 6.45) is 3.41. The van der Waals surface area contributed by atoms with E-state index in [4.69, 9.17) is 20.5 Å². The van der Waals surface area contributed by atoms with Gasteiger partial charge in [0.15, 0.2) is 11.0 Å². The van der Waals surface area contributed by atoms with Crippen LogP contribution in [0.2, 0.25) is 5.22 Å². The Hall–Kier alpha value is -1.33. The molecule has 1 aliphatic heterocycles. The number of nitrogens with one attached hydrogen (secondary N) is 1. The Kier molecular flexibility index (Phi) is 2.86. The number of hydrogen-bond donors (Lipinski definition) is 1. The van der Waals surface area contributed by atoms with E-state index in [1.54, 1.807) is 12.1 Å². The minimum Gasteiger partial charge on any atom is -0.441 e. The van der Waals surface area contributed by atoms with Crippen LogP contribution in [-0.2, 0) is 0 Å². The lowest BCUT2D eigenvalue weighted by Gasteiger charge is -2.19. The largest absolute Gasteiger partial charge is 0.441 e. The second-order valence-corrected chi connectivity index (χ2v) is 4.43. The van der Waals surface area contributed by atoms with Crippen molar-refractivity contribution < 1.29 is 8.94 Å². The molecular weight excluding hydrogens is 242 g/mol. The average Bonchev–Trinajstić information content (AvgIpc) is 2.98. The van der Waals surface area contributed by atoms with Crippen molar-refractivity contribution in [3.63, 3.8) is 0 Å². The number of nitrogens with zero attached hydrogens (tertiary/aromatic N) is 2. The van der Waals surface area contributed by atoms with Gasteiger partial charge in [0.2, 0.25) is 11.7 Å². The van der Waals surface area contributed by atoms with Crippen LogP contribution in [0.25, 0.3) is 11.6 Å². The average molecular weight is 254 g/mol. The van der Waals surface area contributed by atoms with Crippen LogP contribution in [0.1, 0.15) is 31.2 Å². The SMILES string of the molecule is Clc1ccc(-c2noc(C3CCCCN3)n2)o1. The fraction of sp³-hybridized carbons (Fsp3) is 0.455. The molecule has 6 heteroatoms. The summed E-state index contributed by atoms with van der Waals surface area (Å²) in [6, 6.07) is 3.55. The normalized spacial score (nSPS) is 20.6. The first-order valence-corrected chi connectivity index (χ1v) is 6.03. The Bertz CT molecular complexity index is 502. The molecular formula is C11H12ClN3O2. The lowest BCUT2D eigenvalue weighted by Crippen LogP contribution is -2.26. The Morgan fingerprint density at radius 2 is 2.29 bits per heavy atom. The quantitative estimate of drug-likeness (QED) is 0.892. The smallest absolute Gasteiger partial charge is 0.244 e. The molecule has 0 aliphatic carbocycles. The molecule has 3 heterocycles. The van der Waals surface area contributed by atoms with Crippen molar-refractivity contribution in [1.29, 1.82) is 0 Å². The Balaban J connectivity index is 1.82. The molecule has 1 aliphatic rings. The number of aromatic nitrogens is 2. The number of halogens is 1. The zero-order chi connectivity index (χ0) is 11.7. The minimum atomic E-state index is 0.162. The summed E-state index contributed by atoms with van der Waals surface area (Å²) in [5, 5.41) is 7.57. The van der Waals surface area contributed by atoms with Gasteiger partial charge >= 0.3 is 0 Å². The van der Waals surface area contributed by atoms with Crippen molar-refractivity contribution in [3.8, 4) is 11.6 Å². The van der Waals surface area contributed by atoms with Gasteiger partial charge in [-0.3, -0.25) is 0 Å². The van der Waals surface area contributed by atoms with Crippen molar-refractivity contribution >= 4 is 11.6 Å². The third-order valence-corrected chi connectivity index (χ3v) is 3.05. The van der Waals surface area contributed by atoms with Crippen LogP contribution >= 0.6 is 11.6 Å². The van der Waals surface area contributed by atoms with Crippen molar-refractivity contribution in [1.82, 2.24) is 15.5 Å². The van der Waals surface area contributed by atoms with Crippen LogP contribution in [-0.4, -0.2) is 16.7 Å². The molecule has 0 spiro atoms. The molecule has 90 valence electrons. The van der Waals surface area contributed by atoms with Gasteiger partial charge in [-0.05, 0) is 43.1 Å². The van der Waals surface area contributed by atoms with E-state index >= 15 is 0 Å². The minimum absolute atomic E-state index is 0.162. The van der Waals surface area contributed by atoms with Gasteiger partial charge in [-0.15, -0.1) is 0 Å². The summed E-state index contributed by atoms with van der Waals surface area (Å²) in [4.78, 5) is 4.32. The monoisotopic (exact) mass is 253 g/mol. The maximum Gasteiger partial charge on any atom is 0.244 e. The maximum atomic E-state index is 5.70. The molecule has 1 N–H and O–H groups in total. The van der Waals surface area contributed by atoms with Crippen LogP contribution in [0.15, 0.2) is 21.1 Å². The van der Waals surface area contributed by atoms with Crippen molar-refractivity contribution in [2.75, 3.05) is 6.54 Å². The summed E-state index contributed by atoms with van der Waals surface area (Å²) >= 11 is 5.70. The summed E-state index contributed by atoms with van der Waals surface area (Å²) in [5.41, 5.74) is 0. The van der Waals surface area contributed by atoms with Gasteiger partial charge in [-0.1, -0.05) is 11.6 Å². The van der Waals surface area contributed by atoms with Gasteiger partial charge in [-0.25, -0.2) is 0 Å². The number of rotatable bonds is 2. The summed E-state index contributed by atoms with van der Waals surface area (Å²) in [5.74, 6) is 1.59. The highest BCUT2D eigenvalue weighted by Gasteiger charge is 2.22. The van der Waals surface area contributed by atoms with Gasteiger partial charge in [0, 0.05) is 0 Å². The molecule has 0 bridgehead atoms. The molecule has 0 amide bonds. The van der Waals surface area contributed by atoms with E-state index in [-0.39, 0.29) is 6.04 Å². The molecule has 3 rings (SSSR count). The van der Waals surface area contributed by atoms with Crippen LogP contribution < -0.4 is 5.32 Å². The predicted molar refractivity (Wildman–Crippen MR) is 61.6 cm³/mol. The van der Waals surface area contributed by atoms with Crippen molar-refractivity contribution in [3.05, 3.63) is 23.2 Å². The molecule has 2 aromatic rings. The van der Waals surface area contributed by atoms with E-state index in [1.165, 1.54) is 12.8 Å². The summed E-state index contributed by atoms with van der Waals surface area (Å²) < 4.78 is 10.5. The van der Waals surface area contributed by atoms with Crippen molar-refractivity contribution in [2.45, 2.75) is 25.3 Å². The van der Waals surface area contributed by atoms with Gasteiger partial charge in [0.05, 0.1) is 6.04 Å². The summed E-state index contributed by atoms with van der Waals surface area (Å²) in [6.45, 7) is 0.995. The molecule has 1 atom stereocenters. The molecule has 0 saturated carbocycles. The third-order valence-electron chi connectivity index (χ3n) is 2.84. The zero-order valence-electron chi connectivity index (χ0n) is 9.15. The van der Waals surface area contributed by atoms with Crippen LogP contribution in [0.4, 0.5) is 0 Å². The lowest BCUT2D eigenvalue weighted by atomic mass is 10.1. The second-order valence-electron chi connectivity index (χ2n) is 4.06. The summed E-state index contributed by atoms with van der Waals surface area (Å²) in [7, 11) is 0. The molecule has 5 nitrogen and oxygen atoms in total. The van der Waals surface area contributed by atoms with E-state index in [0.717, 1.165) is 13.0 Å². The van der Waals surface area contributed by atoms with E-state index in [2.05, 4.69) is 15.5 Å².